The highest BCUT2D eigenvalue weighted by molar-refractivity contribution is 6.30. The van der Waals surface area contributed by atoms with Gasteiger partial charge in [-0.05, 0) is 37.1 Å². The van der Waals surface area contributed by atoms with Crippen molar-refractivity contribution in [2.24, 2.45) is 0 Å². The lowest BCUT2D eigenvalue weighted by Gasteiger charge is -2.22. The van der Waals surface area contributed by atoms with E-state index in [1.165, 1.54) is 0 Å². The molecule has 23 heavy (non-hydrogen) atoms. The molecule has 1 atom stereocenters. The number of likely N-dealkylation sites (tertiary alicyclic amines) is 1. The molecular formula is C16H16ClN3O3. The van der Waals surface area contributed by atoms with Gasteiger partial charge in [0.05, 0.1) is 12.1 Å². The number of aliphatic carboxylic acids is 1. The number of aromatic nitrogens is 2. The summed E-state index contributed by atoms with van der Waals surface area (Å²) < 4.78 is 1.58. The SMILES string of the molecule is O=C(O)CC1CCCN1C(=O)c1ccn(-c2cccc(Cl)c2)n1. The van der Waals surface area contributed by atoms with E-state index in [0.29, 0.717) is 23.7 Å². The number of benzene rings is 1. The smallest absolute Gasteiger partial charge is 0.305 e. The Kier molecular flexibility index (Phi) is 4.34. The van der Waals surface area contributed by atoms with Crippen LogP contribution in [-0.4, -0.2) is 44.3 Å². The largest absolute Gasteiger partial charge is 0.481 e. The Morgan fingerprint density at radius 1 is 1.35 bits per heavy atom. The van der Waals surface area contributed by atoms with Crippen molar-refractivity contribution in [1.82, 2.24) is 14.7 Å². The number of rotatable bonds is 4. The van der Waals surface area contributed by atoms with Gasteiger partial charge in [0.1, 0.15) is 0 Å². The fourth-order valence-electron chi connectivity index (χ4n) is 2.86. The highest BCUT2D eigenvalue weighted by Gasteiger charge is 2.31. The van der Waals surface area contributed by atoms with E-state index in [1.54, 1.807) is 34.0 Å². The third-order valence-electron chi connectivity index (χ3n) is 3.93. The fraction of sp³-hybridized carbons (Fsp3) is 0.312. The topological polar surface area (TPSA) is 75.4 Å². The third kappa shape index (κ3) is 3.37. The van der Waals surface area contributed by atoms with Crippen molar-refractivity contribution in [3.8, 4) is 5.69 Å². The van der Waals surface area contributed by atoms with Crippen molar-refractivity contribution in [3.63, 3.8) is 0 Å². The number of carbonyl (C=O) groups is 2. The molecule has 1 fully saturated rings. The predicted molar refractivity (Wildman–Crippen MR) is 84.9 cm³/mol. The number of halogens is 1. The quantitative estimate of drug-likeness (QED) is 0.933. The summed E-state index contributed by atoms with van der Waals surface area (Å²) in [4.78, 5) is 25.1. The highest BCUT2D eigenvalue weighted by atomic mass is 35.5. The van der Waals surface area contributed by atoms with Crippen molar-refractivity contribution in [1.29, 1.82) is 0 Å². The van der Waals surface area contributed by atoms with E-state index in [1.807, 2.05) is 12.1 Å². The molecule has 6 nitrogen and oxygen atoms in total. The van der Waals surface area contributed by atoms with Crippen LogP contribution in [0.2, 0.25) is 5.02 Å². The maximum atomic E-state index is 12.6. The first kappa shape index (κ1) is 15.6. The molecule has 0 radical (unpaired) electrons. The Hall–Kier alpha value is -2.34. The molecule has 1 saturated heterocycles. The van der Waals surface area contributed by atoms with E-state index in [4.69, 9.17) is 16.7 Å². The van der Waals surface area contributed by atoms with Crippen molar-refractivity contribution in [2.45, 2.75) is 25.3 Å². The molecule has 1 amide bonds. The minimum Gasteiger partial charge on any atom is -0.481 e. The van der Waals surface area contributed by atoms with Crippen LogP contribution in [0, 0.1) is 0 Å². The average Bonchev–Trinajstić information content (AvgIpc) is 3.15. The Bertz CT molecular complexity index is 744. The van der Waals surface area contributed by atoms with E-state index < -0.39 is 5.97 Å². The van der Waals surface area contributed by atoms with Crippen LogP contribution in [-0.2, 0) is 4.79 Å². The Labute approximate surface area is 138 Å². The summed E-state index contributed by atoms with van der Waals surface area (Å²) in [6.07, 6.45) is 3.20. The first-order valence-corrected chi connectivity index (χ1v) is 7.77. The number of hydrogen-bond donors (Lipinski definition) is 1. The molecule has 2 aromatic rings. The second-order valence-corrected chi connectivity index (χ2v) is 5.95. The van der Waals surface area contributed by atoms with Gasteiger partial charge in [0.25, 0.3) is 5.91 Å². The molecule has 0 saturated carbocycles. The molecular weight excluding hydrogens is 318 g/mol. The molecule has 1 N–H and O–H groups in total. The van der Waals surface area contributed by atoms with Crippen LogP contribution in [0.25, 0.3) is 5.69 Å². The molecule has 7 heteroatoms. The number of carboxylic acids is 1. The van der Waals surface area contributed by atoms with Gasteiger partial charge in [-0.2, -0.15) is 5.10 Å². The Morgan fingerprint density at radius 3 is 2.91 bits per heavy atom. The minimum absolute atomic E-state index is 0.0270. The van der Waals surface area contributed by atoms with Crippen molar-refractivity contribution >= 4 is 23.5 Å². The van der Waals surface area contributed by atoms with Gasteiger partial charge in [0.2, 0.25) is 0 Å². The lowest BCUT2D eigenvalue weighted by atomic mass is 10.1. The molecule has 1 aromatic heterocycles. The van der Waals surface area contributed by atoms with Crippen LogP contribution in [0.4, 0.5) is 0 Å². The molecule has 2 heterocycles. The van der Waals surface area contributed by atoms with E-state index in [-0.39, 0.29) is 18.4 Å². The van der Waals surface area contributed by atoms with Gasteiger partial charge in [-0.25, -0.2) is 4.68 Å². The Balaban J connectivity index is 1.79. The second kappa shape index (κ2) is 6.42. The second-order valence-electron chi connectivity index (χ2n) is 5.52. The maximum absolute atomic E-state index is 12.6. The van der Waals surface area contributed by atoms with Crippen LogP contribution in [0.3, 0.4) is 0 Å². The van der Waals surface area contributed by atoms with E-state index in [9.17, 15) is 9.59 Å². The molecule has 1 aromatic carbocycles. The van der Waals surface area contributed by atoms with Gasteiger partial charge >= 0.3 is 5.97 Å². The summed E-state index contributed by atoms with van der Waals surface area (Å²) in [6.45, 7) is 0.570. The van der Waals surface area contributed by atoms with E-state index in [2.05, 4.69) is 5.10 Å². The minimum atomic E-state index is -0.890. The summed E-state index contributed by atoms with van der Waals surface area (Å²) in [6, 6.07) is 8.56. The highest BCUT2D eigenvalue weighted by Crippen LogP contribution is 2.22. The summed E-state index contributed by atoms with van der Waals surface area (Å²) in [5.74, 6) is -1.12. The predicted octanol–water partition coefficient (Wildman–Crippen LogP) is 2.61. The molecule has 0 aliphatic carbocycles. The van der Waals surface area contributed by atoms with Crippen LogP contribution in [0.1, 0.15) is 29.8 Å². The first-order chi connectivity index (χ1) is 11.0. The zero-order valence-corrected chi connectivity index (χ0v) is 13.1. The molecule has 0 bridgehead atoms. The number of carbonyl (C=O) groups excluding carboxylic acids is 1. The first-order valence-electron chi connectivity index (χ1n) is 7.39. The molecule has 3 rings (SSSR count). The number of nitrogens with zero attached hydrogens (tertiary/aromatic N) is 3. The summed E-state index contributed by atoms with van der Waals surface area (Å²) in [7, 11) is 0. The molecule has 0 spiro atoms. The van der Waals surface area contributed by atoms with Crippen LogP contribution >= 0.6 is 11.6 Å². The zero-order valence-electron chi connectivity index (χ0n) is 12.4. The van der Waals surface area contributed by atoms with Crippen LogP contribution < -0.4 is 0 Å². The normalized spacial score (nSPS) is 17.4. The van der Waals surface area contributed by atoms with E-state index >= 15 is 0 Å². The van der Waals surface area contributed by atoms with Gasteiger partial charge in [0, 0.05) is 23.8 Å². The van der Waals surface area contributed by atoms with E-state index in [0.717, 1.165) is 12.1 Å². The summed E-state index contributed by atoms with van der Waals surface area (Å²) in [5.41, 5.74) is 1.07. The standard InChI is InChI=1S/C16H16ClN3O3/c17-11-3-1-4-13(9-11)20-8-6-14(18-20)16(23)19-7-2-5-12(19)10-15(21)22/h1,3-4,6,8-9,12H,2,5,7,10H2,(H,21,22). The lowest BCUT2D eigenvalue weighted by molar-refractivity contribution is -0.137. The van der Waals surface area contributed by atoms with Gasteiger partial charge in [-0.3, -0.25) is 9.59 Å². The van der Waals surface area contributed by atoms with Crippen molar-refractivity contribution in [2.75, 3.05) is 6.54 Å². The summed E-state index contributed by atoms with van der Waals surface area (Å²) >= 11 is 5.96. The van der Waals surface area contributed by atoms with Crippen molar-refractivity contribution < 1.29 is 14.7 Å². The van der Waals surface area contributed by atoms with Gasteiger partial charge < -0.3 is 10.0 Å². The van der Waals surface area contributed by atoms with Crippen LogP contribution in [0.15, 0.2) is 36.5 Å². The molecule has 1 unspecified atom stereocenters. The monoisotopic (exact) mass is 333 g/mol. The average molecular weight is 334 g/mol. The van der Waals surface area contributed by atoms with Gasteiger partial charge in [-0.1, -0.05) is 17.7 Å². The number of hydrogen-bond acceptors (Lipinski definition) is 3. The zero-order chi connectivity index (χ0) is 16.4. The molecule has 1 aliphatic rings. The summed E-state index contributed by atoms with van der Waals surface area (Å²) in [5, 5.41) is 13.8. The maximum Gasteiger partial charge on any atom is 0.305 e. The fourth-order valence-corrected chi connectivity index (χ4v) is 3.05. The molecule has 1 aliphatic heterocycles. The number of carboxylic acid groups (broad SMARTS) is 1. The number of amides is 1. The Morgan fingerprint density at radius 2 is 2.17 bits per heavy atom. The van der Waals surface area contributed by atoms with Crippen LogP contribution in [0.5, 0.6) is 0 Å². The third-order valence-corrected chi connectivity index (χ3v) is 4.16. The van der Waals surface area contributed by atoms with Gasteiger partial charge in [-0.15, -0.1) is 0 Å². The lowest BCUT2D eigenvalue weighted by Crippen LogP contribution is -2.37. The van der Waals surface area contributed by atoms with Gasteiger partial charge in [0.15, 0.2) is 5.69 Å². The molecule has 120 valence electrons. The van der Waals surface area contributed by atoms with Crippen molar-refractivity contribution in [3.05, 3.63) is 47.2 Å².